The van der Waals surface area contributed by atoms with Gasteiger partial charge < -0.3 is 24.5 Å². The Balaban J connectivity index is 1.73. The molecule has 3 rings (SSSR count). The van der Waals surface area contributed by atoms with Gasteiger partial charge in [0.2, 0.25) is 0 Å². The van der Waals surface area contributed by atoms with Crippen molar-refractivity contribution in [1.29, 1.82) is 0 Å². The number of hydrogen-bond donors (Lipinski definition) is 3. The summed E-state index contributed by atoms with van der Waals surface area (Å²) in [4.78, 5) is 24.8. The number of benzene rings is 2. The summed E-state index contributed by atoms with van der Waals surface area (Å²) in [6, 6.07) is 13.2. The number of anilines is 2. The molecule has 0 unspecified atom stereocenters. The molecule has 2 amide bonds. The van der Waals surface area contributed by atoms with E-state index in [2.05, 4.69) is 31.9 Å². The second kappa shape index (κ2) is 10.1. The number of amides is 2. The number of hydrogen-bond acceptors (Lipinski definition) is 6. The number of carbonyl (C=O) groups is 2. The monoisotopic (exact) mass is 503 g/mol. The molecule has 0 radical (unpaired) electrons. The van der Waals surface area contributed by atoms with E-state index in [1.165, 1.54) is 20.5 Å². The molecule has 0 aliphatic rings. The van der Waals surface area contributed by atoms with Gasteiger partial charge in [0, 0.05) is 10.2 Å². The van der Waals surface area contributed by atoms with Crippen LogP contribution < -0.4 is 25.4 Å². The molecule has 3 N–H and O–H groups in total. The second-order valence-corrected chi connectivity index (χ2v) is 7.42. The lowest BCUT2D eigenvalue weighted by Gasteiger charge is -2.15. The lowest BCUT2D eigenvalue weighted by atomic mass is 10.2. The normalized spacial score (nSPS) is 10.2. The predicted molar refractivity (Wildman–Crippen MR) is 124 cm³/mol. The Morgan fingerprint density at radius 1 is 0.968 bits per heavy atom. The van der Waals surface area contributed by atoms with Crippen LogP contribution in [0.2, 0.25) is 0 Å². The van der Waals surface area contributed by atoms with Gasteiger partial charge in [-0.05, 0) is 60.7 Å². The fourth-order valence-corrected chi connectivity index (χ4v) is 3.23. The highest BCUT2D eigenvalue weighted by atomic mass is 79.9. The molecule has 160 valence electrons. The van der Waals surface area contributed by atoms with E-state index in [1.807, 2.05) is 0 Å². The number of furan rings is 1. The second-order valence-electron chi connectivity index (χ2n) is 6.10. The Bertz CT molecular complexity index is 1120. The number of thiocarbonyl (C=S) groups is 1. The topological polar surface area (TPSA) is 102 Å². The minimum absolute atomic E-state index is 0.0415. The van der Waals surface area contributed by atoms with E-state index in [4.69, 9.17) is 26.1 Å². The van der Waals surface area contributed by atoms with Crippen molar-refractivity contribution < 1.29 is 23.5 Å². The largest absolute Gasteiger partial charge is 0.496 e. The van der Waals surface area contributed by atoms with Crippen LogP contribution in [0.25, 0.3) is 0 Å². The van der Waals surface area contributed by atoms with Crippen molar-refractivity contribution in [2.24, 2.45) is 0 Å². The molecule has 1 heterocycles. The highest BCUT2D eigenvalue weighted by Gasteiger charge is 2.16. The van der Waals surface area contributed by atoms with Gasteiger partial charge in [0.1, 0.15) is 11.5 Å². The first kappa shape index (κ1) is 22.3. The van der Waals surface area contributed by atoms with Crippen LogP contribution >= 0.6 is 28.1 Å². The number of nitrogens with one attached hydrogen (secondary N) is 3. The van der Waals surface area contributed by atoms with Gasteiger partial charge in [0.15, 0.2) is 10.9 Å². The molecule has 0 bridgehead atoms. The van der Waals surface area contributed by atoms with Crippen molar-refractivity contribution in [2.45, 2.75) is 0 Å². The molecule has 1 aromatic heterocycles. The Labute approximate surface area is 192 Å². The zero-order valence-electron chi connectivity index (χ0n) is 16.5. The Hall–Kier alpha value is -3.37. The van der Waals surface area contributed by atoms with Gasteiger partial charge in [-0.1, -0.05) is 15.9 Å². The molecular formula is C21H18BrN3O5S. The average Bonchev–Trinajstić information content (AvgIpc) is 3.29. The highest BCUT2D eigenvalue weighted by Crippen LogP contribution is 2.28. The van der Waals surface area contributed by atoms with Crippen LogP contribution in [0, 0.1) is 0 Å². The van der Waals surface area contributed by atoms with Crippen molar-refractivity contribution in [1.82, 2.24) is 5.32 Å². The first-order valence-corrected chi connectivity index (χ1v) is 10.1. The Morgan fingerprint density at radius 2 is 1.71 bits per heavy atom. The predicted octanol–water partition coefficient (Wildman–Crippen LogP) is 4.44. The maximum atomic E-state index is 12.6. The lowest BCUT2D eigenvalue weighted by Crippen LogP contribution is -2.34. The quantitative estimate of drug-likeness (QED) is 0.427. The van der Waals surface area contributed by atoms with Crippen molar-refractivity contribution in [3.63, 3.8) is 0 Å². The van der Waals surface area contributed by atoms with Crippen LogP contribution in [-0.2, 0) is 0 Å². The molecule has 31 heavy (non-hydrogen) atoms. The van der Waals surface area contributed by atoms with Gasteiger partial charge in [-0.2, -0.15) is 0 Å². The summed E-state index contributed by atoms with van der Waals surface area (Å²) in [5, 5.41) is 8.27. The highest BCUT2D eigenvalue weighted by molar-refractivity contribution is 9.10. The average molecular weight is 504 g/mol. The van der Waals surface area contributed by atoms with Crippen molar-refractivity contribution >= 4 is 56.4 Å². The fraction of sp³-hybridized carbons (Fsp3) is 0.0952. The lowest BCUT2D eigenvalue weighted by molar-refractivity contribution is 0.0972. The van der Waals surface area contributed by atoms with E-state index in [1.54, 1.807) is 48.5 Å². The maximum absolute atomic E-state index is 12.6. The van der Waals surface area contributed by atoms with E-state index in [0.29, 0.717) is 28.4 Å². The van der Waals surface area contributed by atoms with Crippen LogP contribution in [0.4, 0.5) is 11.4 Å². The molecule has 8 nitrogen and oxygen atoms in total. The molecule has 2 aromatic carbocycles. The van der Waals surface area contributed by atoms with Gasteiger partial charge in [-0.15, -0.1) is 0 Å². The molecule has 0 aliphatic carbocycles. The molecular weight excluding hydrogens is 486 g/mol. The maximum Gasteiger partial charge on any atom is 0.291 e. The smallest absolute Gasteiger partial charge is 0.291 e. The summed E-state index contributed by atoms with van der Waals surface area (Å²) in [6.07, 6.45) is 1.41. The number of carbonyl (C=O) groups excluding carboxylic acids is 2. The summed E-state index contributed by atoms with van der Waals surface area (Å²) in [7, 11) is 2.97. The standard InChI is InChI=1S/C21H18BrN3O5S/c1-28-16-7-5-12(22)10-14(16)19(26)25-21(31)24-15-11-13(6-8-17(15)29-2)23-20(27)18-4-3-9-30-18/h3-11H,1-2H3,(H,23,27)(H2,24,25,26,31). The van der Waals surface area contributed by atoms with Gasteiger partial charge >= 0.3 is 0 Å². The van der Waals surface area contributed by atoms with Gasteiger partial charge in [-0.3, -0.25) is 14.9 Å². The molecule has 0 atom stereocenters. The van der Waals surface area contributed by atoms with Gasteiger partial charge in [-0.25, -0.2) is 0 Å². The summed E-state index contributed by atoms with van der Waals surface area (Å²) < 4.78 is 16.4. The summed E-state index contributed by atoms with van der Waals surface area (Å²) >= 11 is 8.61. The van der Waals surface area contributed by atoms with Crippen LogP contribution in [0.1, 0.15) is 20.9 Å². The van der Waals surface area contributed by atoms with E-state index in [0.717, 1.165) is 4.47 Å². The Kier molecular flexibility index (Phi) is 7.27. The summed E-state index contributed by atoms with van der Waals surface area (Å²) in [5.41, 5.74) is 1.24. The third-order valence-electron chi connectivity index (χ3n) is 4.08. The molecule has 10 heteroatoms. The van der Waals surface area contributed by atoms with Crippen LogP contribution in [0.5, 0.6) is 11.5 Å². The van der Waals surface area contributed by atoms with E-state index < -0.39 is 11.8 Å². The van der Waals surface area contributed by atoms with Crippen molar-refractivity contribution in [3.8, 4) is 11.5 Å². The van der Waals surface area contributed by atoms with E-state index >= 15 is 0 Å². The van der Waals surface area contributed by atoms with Crippen LogP contribution in [-0.4, -0.2) is 31.1 Å². The molecule has 0 saturated carbocycles. The molecule has 3 aromatic rings. The van der Waals surface area contributed by atoms with Gasteiger partial charge in [0.05, 0.1) is 31.7 Å². The third kappa shape index (κ3) is 5.62. The minimum atomic E-state index is -0.447. The fourth-order valence-electron chi connectivity index (χ4n) is 2.67. The molecule has 0 spiro atoms. The summed E-state index contributed by atoms with van der Waals surface area (Å²) in [6.45, 7) is 0. The molecule has 0 saturated heterocycles. The first-order valence-electron chi connectivity index (χ1n) is 8.90. The van der Waals surface area contributed by atoms with E-state index in [-0.39, 0.29) is 10.9 Å². The number of halogens is 1. The van der Waals surface area contributed by atoms with Crippen molar-refractivity contribution in [3.05, 3.63) is 70.6 Å². The number of methoxy groups -OCH3 is 2. The van der Waals surface area contributed by atoms with Gasteiger partial charge in [0.25, 0.3) is 11.8 Å². The summed E-state index contributed by atoms with van der Waals surface area (Å²) in [5.74, 6) is 0.197. The number of rotatable bonds is 6. The molecule has 0 aliphatic heterocycles. The van der Waals surface area contributed by atoms with E-state index in [9.17, 15) is 9.59 Å². The third-order valence-corrected chi connectivity index (χ3v) is 4.78. The van der Waals surface area contributed by atoms with Crippen molar-refractivity contribution in [2.75, 3.05) is 24.9 Å². The van der Waals surface area contributed by atoms with Crippen LogP contribution in [0.3, 0.4) is 0 Å². The first-order chi connectivity index (χ1) is 14.9. The SMILES string of the molecule is COc1ccc(NC(=O)c2ccco2)cc1NC(=S)NC(=O)c1cc(Br)ccc1OC. The number of ether oxygens (including phenoxy) is 2. The zero-order valence-corrected chi connectivity index (χ0v) is 18.9. The minimum Gasteiger partial charge on any atom is -0.496 e. The molecule has 0 fully saturated rings. The zero-order chi connectivity index (χ0) is 22.4. The van der Waals surface area contributed by atoms with Crippen LogP contribution in [0.15, 0.2) is 63.7 Å². The Morgan fingerprint density at radius 3 is 2.39 bits per heavy atom.